The van der Waals surface area contributed by atoms with E-state index in [2.05, 4.69) is 22.7 Å². The Morgan fingerprint density at radius 3 is 2.75 bits per heavy atom. The third-order valence-corrected chi connectivity index (χ3v) is 3.80. The summed E-state index contributed by atoms with van der Waals surface area (Å²) in [6.45, 7) is 0. The van der Waals surface area contributed by atoms with E-state index in [1.165, 1.54) is 24.3 Å². The van der Waals surface area contributed by atoms with E-state index in [1.54, 1.807) is 0 Å². The number of hydrazone groups is 1. The molecule has 0 aliphatic heterocycles. The molecule has 1 aromatic carbocycles. The van der Waals surface area contributed by atoms with Crippen LogP contribution >= 0.6 is 0 Å². The molecule has 1 aromatic rings. The monoisotopic (exact) mass is 271 g/mol. The second kappa shape index (κ2) is 4.88. The van der Waals surface area contributed by atoms with Gasteiger partial charge in [0.15, 0.2) is 0 Å². The molecule has 0 heterocycles. The van der Waals surface area contributed by atoms with Crippen molar-refractivity contribution >= 4 is 17.3 Å². The molecule has 0 radical (unpaired) electrons. The number of carbonyl (C=O) groups excluding carboxylic acids is 1. The van der Waals surface area contributed by atoms with E-state index >= 15 is 0 Å². The number of benzene rings is 1. The van der Waals surface area contributed by atoms with Crippen molar-refractivity contribution in [2.45, 2.75) is 12.8 Å². The maximum Gasteiger partial charge on any atom is 0.271 e. The molecule has 0 bridgehead atoms. The number of hydrogen-bond acceptors (Lipinski definition) is 4. The first-order valence-electron chi connectivity index (χ1n) is 6.43. The van der Waals surface area contributed by atoms with E-state index in [0.29, 0.717) is 17.4 Å². The van der Waals surface area contributed by atoms with E-state index in [9.17, 15) is 14.9 Å². The minimum Gasteiger partial charge on any atom is -0.267 e. The van der Waals surface area contributed by atoms with Crippen molar-refractivity contribution in [1.29, 1.82) is 0 Å². The molecule has 6 nitrogen and oxygen atoms in total. The Labute approximate surface area is 115 Å². The molecule has 0 aromatic heterocycles. The number of nitro groups is 1. The fraction of sp³-hybridized carbons (Fsp3) is 0.286. The fourth-order valence-corrected chi connectivity index (χ4v) is 2.58. The summed E-state index contributed by atoms with van der Waals surface area (Å²) in [5.74, 6) is 0.694. The summed E-state index contributed by atoms with van der Waals surface area (Å²) < 4.78 is 0. The number of carbonyl (C=O) groups is 1. The maximum absolute atomic E-state index is 11.9. The second-order valence-electron chi connectivity index (χ2n) is 4.99. The molecule has 2 aliphatic carbocycles. The lowest BCUT2D eigenvalue weighted by molar-refractivity contribution is -0.384. The van der Waals surface area contributed by atoms with E-state index in [4.69, 9.17) is 0 Å². The largest absolute Gasteiger partial charge is 0.271 e. The van der Waals surface area contributed by atoms with Gasteiger partial charge in [0.05, 0.1) is 4.92 Å². The fourth-order valence-electron chi connectivity index (χ4n) is 2.58. The van der Waals surface area contributed by atoms with E-state index in [1.807, 2.05) is 0 Å². The third-order valence-electron chi connectivity index (χ3n) is 3.80. The topological polar surface area (TPSA) is 84.6 Å². The Morgan fingerprint density at radius 2 is 2.10 bits per heavy atom. The van der Waals surface area contributed by atoms with Crippen molar-refractivity contribution in [2.24, 2.45) is 16.9 Å². The number of non-ortho nitro benzene ring substituents is 1. The Balaban J connectivity index is 1.62. The zero-order valence-corrected chi connectivity index (χ0v) is 10.7. The minimum atomic E-state index is -0.497. The summed E-state index contributed by atoms with van der Waals surface area (Å²) in [5.41, 5.74) is 3.86. The Morgan fingerprint density at radius 1 is 1.35 bits per heavy atom. The quantitative estimate of drug-likeness (QED) is 0.520. The Bertz CT molecular complexity index is 619. The van der Waals surface area contributed by atoms with Gasteiger partial charge in [-0.3, -0.25) is 14.9 Å². The number of rotatable bonds is 3. The summed E-state index contributed by atoms with van der Waals surface area (Å²) in [6, 6.07) is 5.47. The lowest BCUT2D eigenvalue weighted by Crippen LogP contribution is -2.35. The Hall–Kier alpha value is -2.50. The van der Waals surface area contributed by atoms with Crippen LogP contribution in [0.3, 0.4) is 0 Å². The van der Waals surface area contributed by atoms with Gasteiger partial charge >= 0.3 is 0 Å². The molecule has 20 heavy (non-hydrogen) atoms. The van der Waals surface area contributed by atoms with Crippen molar-refractivity contribution in [1.82, 2.24) is 5.43 Å². The van der Waals surface area contributed by atoms with Crippen LogP contribution in [0.25, 0.3) is 0 Å². The number of fused-ring (bicyclic) bond motifs is 1. The number of nitrogens with one attached hydrogen (secondary N) is 1. The van der Waals surface area contributed by atoms with Gasteiger partial charge in [-0.25, -0.2) is 5.43 Å². The molecule has 1 N–H and O–H groups in total. The minimum absolute atomic E-state index is 0.0354. The van der Waals surface area contributed by atoms with Crippen molar-refractivity contribution < 1.29 is 9.72 Å². The predicted octanol–water partition coefficient (Wildman–Crippen LogP) is 2.28. The average Bonchev–Trinajstić information content (AvgIpc) is 2.80. The summed E-state index contributed by atoms with van der Waals surface area (Å²) in [7, 11) is 0. The number of hydrogen-bond donors (Lipinski definition) is 1. The van der Waals surface area contributed by atoms with Crippen molar-refractivity contribution in [2.75, 3.05) is 0 Å². The molecule has 102 valence electrons. The zero-order valence-electron chi connectivity index (χ0n) is 10.7. The highest BCUT2D eigenvalue weighted by molar-refractivity contribution is 5.98. The van der Waals surface area contributed by atoms with Gasteiger partial charge in [0.1, 0.15) is 0 Å². The molecule has 0 spiro atoms. The van der Waals surface area contributed by atoms with Gasteiger partial charge in [-0.1, -0.05) is 12.2 Å². The van der Waals surface area contributed by atoms with Crippen LogP contribution in [-0.4, -0.2) is 16.5 Å². The van der Waals surface area contributed by atoms with Crippen LogP contribution in [0.2, 0.25) is 0 Å². The van der Waals surface area contributed by atoms with Gasteiger partial charge < -0.3 is 0 Å². The molecular weight excluding hydrogens is 258 g/mol. The molecule has 1 saturated carbocycles. The molecule has 2 atom stereocenters. The van der Waals surface area contributed by atoms with Crippen LogP contribution in [-0.2, 0) is 0 Å². The smallest absolute Gasteiger partial charge is 0.267 e. The molecule has 2 unspecified atom stereocenters. The summed E-state index contributed by atoms with van der Waals surface area (Å²) in [4.78, 5) is 21.9. The van der Waals surface area contributed by atoms with Gasteiger partial charge in [-0.05, 0) is 30.9 Å². The van der Waals surface area contributed by atoms with Gasteiger partial charge in [-0.15, -0.1) is 0 Å². The molecule has 0 saturated heterocycles. The summed E-state index contributed by atoms with van der Waals surface area (Å²) in [6.07, 6.45) is 6.25. The molecule has 2 aliphatic rings. The highest BCUT2D eigenvalue weighted by Crippen LogP contribution is 2.40. The van der Waals surface area contributed by atoms with Crippen LogP contribution in [0, 0.1) is 22.0 Å². The van der Waals surface area contributed by atoms with Gasteiger partial charge in [0.2, 0.25) is 0 Å². The lowest BCUT2D eigenvalue weighted by Gasteiger charge is -2.31. The Kier molecular flexibility index (Phi) is 3.06. The zero-order chi connectivity index (χ0) is 14.1. The van der Waals surface area contributed by atoms with Crippen LogP contribution in [0.5, 0.6) is 0 Å². The van der Waals surface area contributed by atoms with Crippen molar-refractivity contribution in [3.05, 3.63) is 52.1 Å². The van der Waals surface area contributed by atoms with Crippen molar-refractivity contribution in [3.63, 3.8) is 0 Å². The summed E-state index contributed by atoms with van der Waals surface area (Å²) >= 11 is 0. The normalized spacial score (nSPS) is 25.1. The summed E-state index contributed by atoms with van der Waals surface area (Å²) in [5, 5.41) is 14.7. The van der Waals surface area contributed by atoms with Crippen LogP contribution in [0.4, 0.5) is 5.69 Å². The molecule has 3 rings (SSSR count). The number of amides is 1. The maximum atomic E-state index is 11.9. The van der Waals surface area contributed by atoms with Gasteiger partial charge in [0.25, 0.3) is 11.6 Å². The highest BCUT2D eigenvalue weighted by Gasteiger charge is 2.37. The number of allylic oxidation sites excluding steroid dienone is 2. The standard InChI is InChI=1S/C14H13N3O3/c18-14(9-4-6-11(7-5-9)17(19)20)16-15-13-8-10-2-1-3-12(10)13/h1-2,4-7,10,12H,3,8H2,(H,16,18). The van der Waals surface area contributed by atoms with Gasteiger partial charge in [-0.2, -0.15) is 5.10 Å². The van der Waals surface area contributed by atoms with E-state index in [-0.39, 0.29) is 11.6 Å². The second-order valence-corrected chi connectivity index (χ2v) is 4.99. The average molecular weight is 271 g/mol. The van der Waals surface area contributed by atoms with E-state index in [0.717, 1.165) is 18.6 Å². The first-order valence-corrected chi connectivity index (χ1v) is 6.43. The molecule has 6 heteroatoms. The highest BCUT2D eigenvalue weighted by atomic mass is 16.6. The van der Waals surface area contributed by atoms with Crippen LogP contribution in [0.15, 0.2) is 41.5 Å². The third kappa shape index (κ3) is 2.20. The van der Waals surface area contributed by atoms with E-state index < -0.39 is 4.92 Å². The molecule has 1 fully saturated rings. The first kappa shape index (κ1) is 12.5. The number of nitrogens with zero attached hydrogens (tertiary/aromatic N) is 2. The van der Waals surface area contributed by atoms with Crippen molar-refractivity contribution in [3.8, 4) is 0 Å². The lowest BCUT2D eigenvalue weighted by atomic mass is 9.74. The van der Waals surface area contributed by atoms with Crippen LogP contribution < -0.4 is 5.43 Å². The van der Waals surface area contributed by atoms with Gasteiger partial charge in [0, 0.05) is 29.3 Å². The first-order chi connectivity index (χ1) is 9.65. The predicted molar refractivity (Wildman–Crippen MR) is 73.4 cm³/mol. The number of nitro benzene ring substituents is 1. The SMILES string of the molecule is O=C(NN=C1CC2C=CCC12)c1ccc([N+](=O)[O-])cc1. The molecule has 1 amide bonds. The van der Waals surface area contributed by atoms with Crippen LogP contribution in [0.1, 0.15) is 23.2 Å². The molecular formula is C14H13N3O3.